The molecule has 0 bridgehead atoms. The van der Waals surface area contributed by atoms with Crippen molar-refractivity contribution >= 4 is 34.7 Å². The maximum atomic E-state index is 5.64. The molecule has 13 heteroatoms. The number of hydrogen-bond donors (Lipinski definition) is 0. The van der Waals surface area contributed by atoms with Crippen molar-refractivity contribution in [3.63, 3.8) is 0 Å². The summed E-state index contributed by atoms with van der Waals surface area (Å²) in [7, 11) is -0.111. The second-order valence-corrected chi connectivity index (χ2v) is 18.6. The maximum absolute atomic E-state index is 5.64. The third-order valence-electron chi connectivity index (χ3n) is 3.15. The van der Waals surface area contributed by atoms with E-state index in [1.807, 2.05) is 27.7 Å². The molecule has 9 nitrogen and oxygen atoms in total. The summed E-state index contributed by atoms with van der Waals surface area (Å²) in [5.41, 5.74) is 0. The highest BCUT2D eigenvalue weighted by molar-refractivity contribution is 7.19. The Labute approximate surface area is 164 Å². The van der Waals surface area contributed by atoms with E-state index in [2.05, 4.69) is 0 Å². The number of hydrogen-bond acceptors (Lipinski definition) is 9. The van der Waals surface area contributed by atoms with Crippen LogP contribution < -0.4 is 0 Å². The molecule has 0 aromatic rings. The zero-order chi connectivity index (χ0) is 20.5. The van der Waals surface area contributed by atoms with Crippen LogP contribution in [0.15, 0.2) is 0 Å². The van der Waals surface area contributed by atoms with Gasteiger partial charge < -0.3 is 39.8 Å². The fourth-order valence-corrected chi connectivity index (χ4v) is 13.6. The third kappa shape index (κ3) is 10.2. The van der Waals surface area contributed by atoms with Crippen LogP contribution >= 0.6 is 0 Å². The summed E-state index contributed by atoms with van der Waals surface area (Å²) in [6.45, 7) is 10.5. The van der Waals surface area contributed by atoms with E-state index in [1.54, 1.807) is 14.2 Å². The largest absolute Gasteiger partial charge is 0.534 e. The Kier molecular flexibility index (Phi) is 19.4. The molecule has 26 heavy (non-hydrogen) atoms. The fraction of sp³-hybridized carbons (Fsp3) is 1.00. The van der Waals surface area contributed by atoms with Gasteiger partial charge in [-0.1, -0.05) is 0 Å². The minimum Gasteiger partial charge on any atom is -0.418 e. The van der Waals surface area contributed by atoms with Crippen LogP contribution in [0.1, 0.15) is 27.7 Å². The first kappa shape index (κ1) is 28.7. The molecule has 0 spiro atoms. The average molecular weight is 451 g/mol. The minimum absolute atomic E-state index is 0.631. The molecule has 0 aliphatic carbocycles. The van der Waals surface area contributed by atoms with Gasteiger partial charge in [0.15, 0.2) is 0 Å². The maximum Gasteiger partial charge on any atom is 0.534 e. The molecular formula is C13H38O9Si4. The molecular weight excluding hydrogens is 412 g/mol. The molecule has 0 amide bonds. The smallest absolute Gasteiger partial charge is 0.418 e. The van der Waals surface area contributed by atoms with Crippen LogP contribution in [-0.2, 0) is 39.8 Å². The molecule has 0 aromatic heterocycles. The van der Waals surface area contributed by atoms with E-state index in [-0.39, 0.29) is 0 Å². The molecule has 0 saturated heterocycles. The van der Waals surface area contributed by atoms with Crippen LogP contribution in [0.2, 0.25) is 0 Å². The van der Waals surface area contributed by atoms with E-state index in [4.69, 9.17) is 39.8 Å². The molecule has 160 valence electrons. The standard InChI is InChI=1S/C8H22O4Si2.C5H16O5Si2/c1-5-9-13-14(10-6-2,11-7-3)12-8-4;1-6-11(7-2)12(8-3,9-4)10-5/h5-8,13H2,1-4H3;11H,1-5H3. The lowest BCUT2D eigenvalue weighted by atomic mass is 10.9. The summed E-state index contributed by atoms with van der Waals surface area (Å²) in [5, 5.41) is 0. The molecule has 0 atom stereocenters. The Bertz CT molecular complexity index is 282. The predicted octanol–water partition coefficient (Wildman–Crippen LogP) is 0.108. The molecule has 0 fully saturated rings. The topological polar surface area (TPSA) is 83.1 Å². The lowest BCUT2D eigenvalue weighted by Gasteiger charge is -2.28. The van der Waals surface area contributed by atoms with E-state index < -0.39 is 34.7 Å². The van der Waals surface area contributed by atoms with E-state index in [1.165, 1.54) is 21.3 Å². The van der Waals surface area contributed by atoms with Crippen LogP contribution in [0.4, 0.5) is 0 Å². The summed E-state index contributed by atoms with van der Waals surface area (Å²) >= 11 is 0. The molecule has 0 aliphatic rings. The van der Waals surface area contributed by atoms with Crippen LogP contribution in [0.5, 0.6) is 0 Å². The second-order valence-electron chi connectivity index (χ2n) is 4.64. The van der Waals surface area contributed by atoms with Crippen LogP contribution in [0, 0.1) is 0 Å². The number of rotatable bonds is 15. The van der Waals surface area contributed by atoms with E-state index >= 15 is 0 Å². The Morgan fingerprint density at radius 1 is 0.654 bits per heavy atom. The highest BCUT2D eigenvalue weighted by atomic mass is 29.3. The van der Waals surface area contributed by atoms with Crippen molar-refractivity contribution in [3.8, 4) is 0 Å². The van der Waals surface area contributed by atoms with Crippen LogP contribution in [-0.4, -0.2) is 96.7 Å². The minimum atomic E-state index is -2.65. The fourth-order valence-electron chi connectivity index (χ4n) is 2.06. The molecule has 0 radical (unpaired) electrons. The third-order valence-corrected chi connectivity index (χ3v) is 18.2. The average Bonchev–Trinajstić information content (AvgIpc) is 2.66. The Morgan fingerprint density at radius 3 is 1.23 bits per heavy atom. The molecule has 0 saturated carbocycles. The lowest BCUT2D eigenvalue weighted by Crippen LogP contribution is -2.59. The Morgan fingerprint density at radius 2 is 1.04 bits per heavy atom. The molecule has 0 aromatic carbocycles. The van der Waals surface area contributed by atoms with Crippen molar-refractivity contribution in [2.45, 2.75) is 27.7 Å². The van der Waals surface area contributed by atoms with Gasteiger partial charge in [-0.2, -0.15) is 0 Å². The predicted molar refractivity (Wildman–Crippen MR) is 109 cm³/mol. The van der Waals surface area contributed by atoms with Crippen molar-refractivity contribution in [2.24, 2.45) is 0 Å². The van der Waals surface area contributed by atoms with Crippen LogP contribution in [0.3, 0.4) is 0 Å². The summed E-state index contributed by atoms with van der Waals surface area (Å²) in [4.78, 5) is 0. The van der Waals surface area contributed by atoms with E-state index in [0.717, 1.165) is 0 Å². The SMILES string of the molecule is CCO[SiH2][Si](OCC)(OCC)OCC.CO[SiH](OC)[Si](OC)(OC)OC. The first-order chi connectivity index (χ1) is 12.4. The van der Waals surface area contributed by atoms with Gasteiger partial charge in [0, 0.05) is 62.0 Å². The second kappa shape index (κ2) is 17.6. The summed E-state index contributed by atoms with van der Waals surface area (Å²) in [6, 6.07) is 0. The van der Waals surface area contributed by atoms with Gasteiger partial charge in [0.25, 0.3) is 9.28 Å². The zero-order valence-corrected chi connectivity index (χ0v) is 22.4. The van der Waals surface area contributed by atoms with Crippen molar-refractivity contribution in [2.75, 3.05) is 62.0 Å². The van der Waals surface area contributed by atoms with Gasteiger partial charge in [0.1, 0.15) is 0 Å². The van der Waals surface area contributed by atoms with Gasteiger partial charge in [-0.15, -0.1) is 0 Å². The summed E-state index contributed by atoms with van der Waals surface area (Å²) in [5.74, 6) is 0. The zero-order valence-electron chi connectivity index (χ0n) is 17.8. The molecule has 0 rings (SSSR count). The van der Waals surface area contributed by atoms with Gasteiger partial charge in [-0.3, -0.25) is 0 Å². The Hall–Kier alpha value is 0.508. The van der Waals surface area contributed by atoms with E-state index in [9.17, 15) is 0 Å². The van der Waals surface area contributed by atoms with Gasteiger partial charge in [0.2, 0.25) is 0 Å². The van der Waals surface area contributed by atoms with Gasteiger partial charge in [-0.05, 0) is 27.7 Å². The van der Waals surface area contributed by atoms with Crippen molar-refractivity contribution < 1.29 is 39.8 Å². The van der Waals surface area contributed by atoms with Gasteiger partial charge in [0.05, 0.1) is 0 Å². The van der Waals surface area contributed by atoms with Gasteiger partial charge >= 0.3 is 25.4 Å². The van der Waals surface area contributed by atoms with Crippen molar-refractivity contribution in [1.82, 2.24) is 0 Å². The monoisotopic (exact) mass is 450 g/mol. The molecule has 0 aliphatic heterocycles. The normalized spacial score (nSPS) is 12.7. The highest BCUT2D eigenvalue weighted by Gasteiger charge is 2.51. The Balaban J connectivity index is 0. The summed E-state index contributed by atoms with van der Waals surface area (Å²) < 4.78 is 48.3. The van der Waals surface area contributed by atoms with E-state index in [0.29, 0.717) is 26.4 Å². The van der Waals surface area contributed by atoms with Crippen molar-refractivity contribution in [1.29, 1.82) is 0 Å². The quantitative estimate of drug-likeness (QED) is 0.323. The highest BCUT2D eigenvalue weighted by Crippen LogP contribution is 2.11. The van der Waals surface area contributed by atoms with Crippen LogP contribution in [0.25, 0.3) is 0 Å². The first-order valence-corrected chi connectivity index (χ1v) is 17.8. The molecule has 0 heterocycles. The summed E-state index contributed by atoms with van der Waals surface area (Å²) in [6.07, 6.45) is 0. The molecule has 0 unspecified atom stereocenters. The lowest BCUT2D eigenvalue weighted by molar-refractivity contribution is 0.0877. The first-order valence-electron chi connectivity index (χ1n) is 8.65. The molecule has 0 N–H and O–H groups in total. The van der Waals surface area contributed by atoms with Gasteiger partial charge in [-0.25, -0.2) is 0 Å². The van der Waals surface area contributed by atoms with Crippen molar-refractivity contribution in [3.05, 3.63) is 0 Å².